The van der Waals surface area contributed by atoms with Crippen molar-refractivity contribution in [2.45, 2.75) is 66.7 Å². The first kappa shape index (κ1) is 13.0. The van der Waals surface area contributed by atoms with Gasteiger partial charge in [-0.2, -0.15) is 0 Å². The smallest absolute Gasteiger partial charge is 0.0438 e. The molecule has 0 aromatic rings. The van der Waals surface area contributed by atoms with E-state index in [4.69, 9.17) is 0 Å². The summed E-state index contributed by atoms with van der Waals surface area (Å²) in [6, 6.07) is 0. The molecule has 0 bridgehead atoms. The zero-order chi connectivity index (χ0) is 10.3. The van der Waals surface area contributed by atoms with Gasteiger partial charge < -0.3 is 0 Å². The van der Waals surface area contributed by atoms with Gasteiger partial charge in [-0.15, -0.1) is 0 Å². The standard InChI is InChI=1S/C13H28/c1-6-8-12(4)10-13(5)9-11(3)7-2/h11-13H,6-10H2,1-5H3/t11-,12+,13+/m1/s1. The van der Waals surface area contributed by atoms with Crippen LogP contribution in [0.1, 0.15) is 66.7 Å². The number of hydrogen-bond acceptors (Lipinski definition) is 0. The molecule has 0 spiro atoms. The first-order valence-corrected chi connectivity index (χ1v) is 6.10. The predicted octanol–water partition coefficient (Wildman–Crippen LogP) is 4.89. The minimum Gasteiger partial charge on any atom is -0.0654 e. The van der Waals surface area contributed by atoms with E-state index in [1.165, 1.54) is 32.1 Å². The van der Waals surface area contributed by atoms with E-state index in [0.29, 0.717) is 0 Å². The second-order valence-corrected chi connectivity index (χ2v) is 4.98. The van der Waals surface area contributed by atoms with Crippen LogP contribution in [0.5, 0.6) is 0 Å². The molecule has 0 unspecified atom stereocenters. The predicted molar refractivity (Wildman–Crippen MR) is 61.9 cm³/mol. The van der Waals surface area contributed by atoms with Gasteiger partial charge >= 0.3 is 0 Å². The summed E-state index contributed by atoms with van der Waals surface area (Å²) >= 11 is 0. The lowest BCUT2D eigenvalue weighted by molar-refractivity contribution is 0.328. The first-order chi connectivity index (χ1) is 6.10. The van der Waals surface area contributed by atoms with Crippen molar-refractivity contribution in [1.29, 1.82) is 0 Å². The molecular weight excluding hydrogens is 156 g/mol. The van der Waals surface area contributed by atoms with E-state index in [9.17, 15) is 0 Å². The molecule has 0 heteroatoms. The molecule has 13 heavy (non-hydrogen) atoms. The highest BCUT2D eigenvalue weighted by molar-refractivity contribution is 4.62. The molecule has 80 valence electrons. The fourth-order valence-electron chi connectivity index (χ4n) is 2.25. The van der Waals surface area contributed by atoms with Crippen LogP contribution in [-0.4, -0.2) is 0 Å². The summed E-state index contributed by atoms with van der Waals surface area (Å²) in [4.78, 5) is 0. The summed E-state index contributed by atoms with van der Waals surface area (Å²) in [6.07, 6.45) is 6.94. The Hall–Kier alpha value is 0. The van der Waals surface area contributed by atoms with Crippen LogP contribution >= 0.6 is 0 Å². The zero-order valence-corrected chi connectivity index (χ0v) is 10.3. The third-order valence-corrected chi connectivity index (χ3v) is 3.09. The lowest BCUT2D eigenvalue weighted by Crippen LogP contribution is -2.07. The minimum atomic E-state index is 0.920. The van der Waals surface area contributed by atoms with Crippen molar-refractivity contribution in [2.24, 2.45) is 17.8 Å². The zero-order valence-electron chi connectivity index (χ0n) is 10.3. The van der Waals surface area contributed by atoms with Gasteiger partial charge in [0, 0.05) is 0 Å². The van der Waals surface area contributed by atoms with Gasteiger partial charge in [0.05, 0.1) is 0 Å². The molecule has 0 saturated heterocycles. The van der Waals surface area contributed by atoms with Gasteiger partial charge in [0.25, 0.3) is 0 Å². The second-order valence-electron chi connectivity index (χ2n) is 4.98. The third kappa shape index (κ3) is 7.10. The normalized spacial score (nSPS) is 18.2. The van der Waals surface area contributed by atoms with Crippen molar-refractivity contribution >= 4 is 0 Å². The van der Waals surface area contributed by atoms with Crippen molar-refractivity contribution < 1.29 is 0 Å². The summed E-state index contributed by atoms with van der Waals surface area (Å²) in [5, 5.41) is 0. The Morgan fingerprint density at radius 2 is 1.31 bits per heavy atom. The average Bonchev–Trinajstić information content (AvgIpc) is 2.04. The van der Waals surface area contributed by atoms with Crippen molar-refractivity contribution in [3.8, 4) is 0 Å². The summed E-state index contributed by atoms with van der Waals surface area (Å²) in [7, 11) is 0. The Kier molecular flexibility index (Phi) is 7.41. The monoisotopic (exact) mass is 184 g/mol. The Morgan fingerprint density at radius 3 is 1.77 bits per heavy atom. The van der Waals surface area contributed by atoms with E-state index in [0.717, 1.165) is 17.8 Å². The number of hydrogen-bond donors (Lipinski definition) is 0. The molecule has 0 heterocycles. The molecular formula is C13H28. The van der Waals surface area contributed by atoms with Crippen molar-refractivity contribution in [3.63, 3.8) is 0 Å². The molecule has 0 amide bonds. The van der Waals surface area contributed by atoms with E-state index in [1.807, 2.05) is 0 Å². The molecule has 0 nitrogen and oxygen atoms in total. The van der Waals surface area contributed by atoms with Crippen LogP contribution in [0.3, 0.4) is 0 Å². The Bertz CT molecular complexity index is 107. The molecule has 0 N–H and O–H groups in total. The van der Waals surface area contributed by atoms with Gasteiger partial charge in [0.2, 0.25) is 0 Å². The largest absolute Gasteiger partial charge is 0.0654 e. The van der Waals surface area contributed by atoms with Crippen LogP contribution in [0.4, 0.5) is 0 Å². The van der Waals surface area contributed by atoms with E-state index in [1.54, 1.807) is 0 Å². The summed E-state index contributed by atoms with van der Waals surface area (Å²) in [5.41, 5.74) is 0. The van der Waals surface area contributed by atoms with Crippen molar-refractivity contribution in [2.75, 3.05) is 0 Å². The first-order valence-electron chi connectivity index (χ1n) is 6.10. The molecule has 0 fully saturated rings. The van der Waals surface area contributed by atoms with Crippen LogP contribution < -0.4 is 0 Å². The van der Waals surface area contributed by atoms with Crippen LogP contribution in [0.15, 0.2) is 0 Å². The van der Waals surface area contributed by atoms with Gasteiger partial charge in [-0.25, -0.2) is 0 Å². The van der Waals surface area contributed by atoms with Crippen LogP contribution in [0.25, 0.3) is 0 Å². The molecule has 3 atom stereocenters. The minimum absolute atomic E-state index is 0.920. The Balaban J connectivity index is 3.54. The van der Waals surface area contributed by atoms with E-state index in [-0.39, 0.29) is 0 Å². The quantitative estimate of drug-likeness (QED) is 0.528. The van der Waals surface area contributed by atoms with Crippen molar-refractivity contribution in [1.82, 2.24) is 0 Å². The fourth-order valence-corrected chi connectivity index (χ4v) is 2.25. The highest BCUT2D eigenvalue weighted by Gasteiger charge is 2.10. The number of rotatable bonds is 7. The van der Waals surface area contributed by atoms with E-state index < -0.39 is 0 Å². The van der Waals surface area contributed by atoms with Crippen LogP contribution in [-0.2, 0) is 0 Å². The molecule has 0 aliphatic carbocycles. The highest BCUT2D eigenvalue weighted by atomic mass is 14.2. The summed E-state index contributed by atoms with van der Waals surface area (Å²) in [6.45, 7) is 11.8. The average molecular weight is 184 g/mol. The van der Waals surface area contributed by atoms with Gasteiger partial charge in [-0.05, 0) is 30.6 Å². The summed E-state index contributed by atoms with van der Waals surface area (Å²) in [5.74, 6) is 2.78. The lowest BCUT2D eigenvalue weighted by atomic mass is 9.87. The van der Waals surface area contributed by atoms with Gasteiger partial charge in [0.15, 0.2) is 0 Å². The lowest BCUT2D eigenvalue weighted by Gasteiger charge is -2.19. The SMILES string of the molecule is CCC[C@H](C)C[C@@H](C)C[C@H](C)CC. The molecule has 0 saturated carbocycles. The molecule has 0 radical (unpaired) electrons. The van der Waals surface area contributed by atoms with Crippen LogP contribution in [0.2, 0.25) is 0 Å². The molecule has 0 rings (SSSR count). The van der Waals surface area contributed by atoms with Crippen LogP contribution in [0, 0.1) is 17.8 Å². The maximum absolute atomic E-state index is 2.42. The summed E-state index contributed by atoms with van der Waals surface area (Å²) < 4.78 is 0. The molecule has 0 aliphatic heterocycles. The fraction of sp³-hybridized carbons (Fsp3) is 1.00. The second kappa shape index (κ2) is 7.41. The van der Waals surface area contributed by atoms with E-state index in [2.05, 4.69) is 34.6 Å². The highest BCUT2D eigenvalue weighted by Crippen LogP contribution is 2.23. The third-order valence-electron chi connectivity index (χ3n) is 3.09. The van der Waals surface area contributed by atoms with E-state index >= 15 is 0 Å². The topological polar surface area (TPSA) is 0 Å². The molecule has 0 aromatic carbocycles. The maximum Gasteiger partial charge on any atom is -0.0438 e. The molecule has 0 aliphatic rings. The van der Waals surface area contributed by atoms with Gasteiger partial charge in [0.1, 0.15) is 0 Å². The maximum atomic E-state index is 2.42. The molecule has 0 aromatic heterocycles. The van der Waals surface area contributed by atoms with Crippen molar-refractivity contribution in [3.05, 3.63) is 0 Å². The van der Waals surface area contributed by atoms with Gasteiger partial charge in [-0.1, -0.05) is 53.9 Å². The van der Waals surface area contributed by atoms with Gasteiger partial charge in [-0.3, -0.25) is 0 Å². The Labute approximate surface area is 85.1 Å². The Morgan fingerprint density at radius 1 is 0.769 bits per heavy atom.